The summed E-state index contributed by atoms with van der Waals surface area (Å²) < 4.78 is 27.0. The van der Waals surface area contributed by atoms with Crippen molar-refractivity contribution in [1.82, 2.24) is 0 Å². The molecule has 1 nitrogen and oxygen atoms in total. The van der Waals surface area contributed by atoms with Crippen LogP contribution in [-0.2, 0) is 6.54 Å². The van der Waals surface area contributed by atoms with Crippen LogP contribution < -0.4 is 5.32 Å². The highest BCUT2D eigenvalue weighted by Crippen LogP contribution is 2.23. The van der Waals surface area contributed by atoms with Crippen molar-refractivity contribution in [3.8, 4) is 0 Å². The Hall–Kier alpha value is -1.13. The van der Waals surface area contributed by atoms with Gasteiger partial charge < -0.3 is 5.32 Å². The van der Waals surface area contributed by atoms with Crippen LogP contribution in [-0.4, -0.2) is 0 Å². The quantitative estimate of drug-likeness (QED) is 0.834. The molecule has 0 aliphatic carbocycles. The van der Waals surface area contributed by atoms with Crippen LogP contribution in [0.4, 0.5) is 14.5 Å². The summed E-state index contributed by atoms with van der Waals surface area (Å²) in [6, 6.07) is 9.38. The molecule has 1 N–H and O–H groups in total. The molecule has 0 fully saturated rings. The third-order valence-electron chi connectivity index (χ3n) is 2.42. The van der Waals surface area contributed by atoms with Crippen molar-refractivity contribution in [2.75, 3.05) is 5.32 Å². The zero-order valence-electron chi connectivity index (χ0n) is 9.18. The zero-order chi connectivity index (χ0) is 13.1. The Morgan fingerprint density at radius 2 is 1.94 bits per heavy atom. The summed E-state index contributed by atoms with van der Waals surface area (Å²) in [5.74, 6) is -0.812. The molecule has 0 bridgehead atoms. The van der Waals surface area contributed by atoms with Gasteiger partial charge in [0.15, 0.2) is 5.82 Å². The Labute approximate surface area is 117 Å². The molecule has 0 aliphatic heterocycles. The van der Waals surface area contributed by atoms with Crippen molar-refractivity contribution in [2.24, 2.45) is 0 Å². The van der Waals surface area contributed by atoms with Crippen molar-refractivity contribution in [3.63, 3.8) is 0 Å². The molecular formula is C13H9BrClF2N. The maximum absolute atomic E-state index is 13.6. The fraction of sp³-hybridized carbons (Fsp3) is 0.0769. The lowest BCUT2D eigenvalue weighted by molar-refractivity contribution is 0.620. The topological polar surface area (TPSA) is 12.0 Å². The third kappa shape index (κ3) is 3.00. The minimum atomic E-state index is -0.486. The van der Waals surface area contributed by atoms with Gasteiger partial charge in [-0.15, -0.1) is 0 Å². The fourth-order valence-electron chi connectivity index (χ4n) is 1.49. The molecule has 0 saturated heterocycles. The second kappa shape index (κ2) is 5.67. The molecular weight excluding hydrogens is 324 g/mol. The molecule has 18 heavy (non-hydrogen) atoms. The van der Waals surface area contributed by atoms with Gasteiger partial charge in [0.05, 0.1) is 15.2 Å². The van der Waals surface area contributed by atoms with Crippen LogP contribution in [0.25, 0.3) is 0 Å². The highest BCUT2D eigenvalue weighted by atomic mass is 79.9. The number of hydrogen-bond donors (Lipinski definition) is 1. The molecule has 2 aromatic carbocycles. The SMILES string of the molecule is Fc1ccc(CNc2cccc(Cl)c2F)cc1Br. The van der Waals surface area contributed by atoms with E-state index in [2.05, 4.69) is 21.2 Å². The summed E-state index contributed by atoms with van der Waals surface area (Å²) >= 11 is 8.77. The van der Waals surface area contributed by atoms with Crippen LogP contribution in [0.15, 0.2) is 40.9 Å². The zero-order valence-corrected chi connectivity index (χ0v) is 11.5. The lowest BCUT2D eigenvalue weighted by atomic mass is 10.2. The number of halogens is 4. The summed E-state index contributed by atoms with van der Waals surface area (Å²) in [6.45, 7) is 0.385. The van der Waals surface area contributed by atoms with Crippen LogP contribution in [0, 0.1) is 11.6 Å². The Balaban J connectivity index is 2.11. The fourth-order valence-corrected chi connectivity index (χ4v) is 2.09. The van der Waals surface area contributed by atoms with Gasteiger partial charge in [-0.1, -0.05) is 23.7 Å². The van der Waals surface area contributed by atoms with Gasteiger partial charge in [-0.2, -0.15) is 0 Å². The summed E-state index contributed by atoms with van der Waals surface area (Å²) in [6.07, 6.45) is 0. The van der Waals surface area contributed by atoms with Crippen molar-refractivity contribution in [3.05, 3.63) is 63.1 Å². The highest BCUT2D eigenvalue weighted by Gasteiger charge is 2.06. The first-order valence-corrected chi connectivity index (χ1v) is 6.37. The predicted molar refractivity (Wildman–Crippen MR) is 72.8 cm³/mol. The standard InChI is InChI=1S/C13H9BrClF2N/c14-9-6-8(4-5-11(9)16)7-18-12-3-1-2-10(15)13(12)17/h1-6,18H,7H2. The van der Waals surface area contributed by atoms with Crippen LogP contribution in [0.1, 0.15) is 5.56 Å². The third-order valence-corrected chi connectivity index (χ3v) is 3.32. The average molecular weight is 333 g/mol. The van der Waals surface area contributed by atoms with E-state index in [1.165, 1.54) is 12.1 Å². The maximum Gasteiger partial charge on any atom is 0.164 e. The summed E-state index contributed by atoms with van der Waals surface area (Å²) in [5, 5.41) is 2.98. The second-order valence-corrected chi connectivity index (χ2v) is 4.96. The van der Waals surface area contributed by atoms with E-state index in [-0.39, 0.29) is 10.8 Å². The molecule has 0 spiro atoms. The molecule has 5 heteroatoms. The van der Waals surface area contributed by atoms with Crippen LogP contribution >= 0.6 is 27.5 Å². The molecule has 0 atom stereocenters. The van der Waals surface area contributed by atoms with Gasteiger partial charge in [0.1, 0.15) is 5.82 Å². The van der Waals surface area contributed by atoms with Crippen molar-refractivity contribution < 1.29 is 8.78 Å². The van der Waals surface area contributed by atoms with Crippen molar-refractivity contribution >= 4 is 33.2 Å². The van der Waals surface area contributed by atoms with Gasteiger partial charge in [-0.05, 0) is 45.8 Å². The van der Waals surface area contributed by atoms with Gasteiger partial charge in [-0.25, -0.2) is 8.78 Å². The predicted octanol–water partition coefficient (Wildman–Crippen LogP) is 4.99. The van der Waals surface area contributed by atoms with E-state index in [0.717, 1.165) is 5.56 Å². The summed E-state index contributed by atoms with van der Waals surface area (Å²) in [7, 11) is 0. The molecule has 0 aliphatic rings. The van der Waals surface area contributed by atoms with E-state index in [1.807, 2.05) is 0 Å². The number of hydrogen-bond acceptors (Lipinski definition) is 1. The minimum Gasteiger partial charge on any atom is -0.379 e. The molecule has 0 unspecified atom stereocenters. The largest absolute Gasteiger partial charge is 0.379 e. The van der Waals surface area contributed by atoms with E-state index in [1.54, 1.807) is 24.3 Å². The van der Waals surface area contributed by atoms with E-state index in [4.69, 9.17) is 11.6 Å². The first-order chi connectivity index (χ1) is 8.58. The number of anilines is 1. The Bertz CT molecular complexity index is 575. The first-order valence-electron chi connectivity index (χ1n) is 5.20. The molecule has 0 aromatic heterocycles. The Morgan fingerprint density at radius 3 is 2.67 bits per heavy atom. The number of nitrogens with one attached hydrogen (secondary N) is 1. The summed E-state index contributed by atoms with van der Waals surface area (Å²) in [5.41, 5.74) is 1.16. The normalized spacial score (nSPS) is 10.4. The molecule has 0 radical (unpaired) electrons. The van der Waals surface area contributed by atoms with Gasteiger partial charge in [0.2, 0.25) is 0 Å². The molecule has 0 heterocycles. The van der Waals surface area contributed by atoms with Gasteiger partial charge in [0.25, 0.3) is 0 Å². The molecule has 2 aromatic rings. The summed E-state index contributed by atoms with van der Waals surface area (Å²) in [4.78, 5) is 0. The average Bonchev–Trinajstić information content (AvgIpc) is 2.35. The van der Waals surface area contributed by atoms with E-state index >= 15 is 0 Å². The van der Waals surface area contributed by atoms with Crippen LogP contribution in [0.5, 0.6) is 0 Å². The Kier molecular flexibility index (Phi) is 4.19. The van der Waals surface area contributed by atoms with Gasteiger partial charge >= 0.3 is 0 Å². The lowest BCUT2D eigenvalue weighted by Crippen LogP contribution is -2.02. The van der Waals surface area contributed by atoms with Crippen LogP contribution in [0.3, 0.4) is 0 Å². The first kappa shape index (κ1) is 13.3. The molecule has 2 rings (SSSR count). The van der Waals surface area contributed by atoms with E-state index in [0.29, 0.717) is 16.7 Å². The highest BCUT2D eigenvalue weighted by molar-refractivity contribution is 9.10. The molecule has 94 valence electrons. The monoisotopic (exact) mass is 331 g/mol. The van der Waals surface area contributed by atoms with Gasteiger partial charge in [0, 0.05) is 6.54 Å². The van der Waals surface area contributed by atoms with E-state index < -0.39 is 5.82 Å². The molecule has 0 amide bonds. The van der Waals surface area contributed by atoms with Crippen molar-refractivity contribution in [2.45, 2.75) is 6.54 Å². The molecule has 0 saturated carbocycles. The van der Waals surface area contributed by atoms with Gasteiger partial charge in [-0.3, -0.25) is 0 Å². The lowest BCUT2D eigenvalue weighted by Gasteiger charge is -2.09. The van der Waals surface area contributed by atoms with Crippen LogP contribution in [0.2, 0.25) is 5.02 Å². The number of rotatable bonds is 3. The Morgan fingerprint density at radius 1 is 1.17 bits per heavy atom. The second-order valence-electron chi connectivity index (χ2n) is 3.70. The minimum absolute atomic E-state index is 0.0697. The smallest absolute Gasteiger partial charge is 0.164 e. The number of benzene rings is 2. The maximum atomic E-state index is 13.6. The van der Waals surface area contributed by atoms with E-state index in [9.17, 15) is 8.78 Å². The van der Waals surface area contributed by atoms with Crippen molar-refractivity contribution in [1.29, 1.82) is 0 Å².